The lowest BCUT2D eigenvalue weighted by molar-refractivity contribution is -0.134. The molecule has 31 heavy (non-hydrogen) atoms. The van der Waals surface area contributed by atoms with E-state index in [1.807, 2.05) is 11.0 Å². The van der Waals surface area contributed by atoms with E-state index in [-0.39, 0.29) is 23.7 Å². The molecule has 2 fully saturated rings. The number of carbonyl (C=O) groups excluding carboxylic acids is 1. The highest BCUT2D eigenvalue weighted by atomic mass is 16.5. The minimum absolute atomic E-state index is 0.0741. The van der Waals surface area contributed by atoms with Gasteiger partial charge in [-0.05, 0) is 56.7 Å². The summed E-state index contributed by atoms with van der Waals surface area (Å²) in [5.41, 5.74) is 1.12. The second-order valence-corrected chi connectivity index (χ2v) is 8.71. The number of ether oxygens (including phenoxy) is 1. The summed E-state index contributed by atoms with van der Waals surface area (Å²) in [7, 11) is 0. The maximum Gasteiger partial charge on any atom is 0.260 e. The van der Waals surface area contributed by atoms with Crippen molar-refractivity contribution in [3.05, 3.63) is 64.2 Å². The van der Waals surface area contributed by atoms with Crippen LogP contribution in [0.5, 0.6) is 5.75 Å². The molecular weight excluding hydrogens is 392 g/mol. The van der Waals surface area contributed by atoms with Crippen LogP contribution in [0.4, 0.5) is 0 Å². The summed E-state index contributed by atoms with van der Waals surface area (Å²) in [5.74, 6) is 1.28. The van der Waals surface area contributed by atoms with Crippen molar-refractivity contribution in [2.75, 3.05) is 32.8 Å². The van der Waals surface area contributed by atoms with Crippen LogP contribution < -0.4 is 10.2 Å². The normalized spacial score (nSPS) is 18.1. The number of hydrogen-bond acceptors (Lipinski definition) is 5. The lowest BCUT2D eigenvalue weighted by Crippen LogP contribution is -2.41. The van der Waals surface area contributed by atoms with Gasteiger partial charge in [0.25, 0.3) is 5.91 Å². The Morgan fingerprint density at radius 1 is 1.03 bits per heavy atom. The molecule has 166 valence electrons. The van der Waals surface area contributed by atoms with Gasteiger partial charge < -0.3 is 14.1 Å². The monoisotopic (exact) mass is 424 g/mol. The Morgan fingerprint density at radius 2 is 1.77 bits per heavy atom. The zero-order chi connectivity index (χ0) is 21.5. The molecule has 0 saturated carbocycles. The van der Waals surface area contributed by atoms with Gasteiger partial charge in [0, 0.05) is 19.2 Å². The predicted molar refractivity (Wildman–Crippen MR) is 119 cm³/mol. The molecule has 0 radical (unpaired) electrons. The number of carbonyl (C=O) groups is 1. The van der Waals surface area contributed by atoms with Gasteiger partial charge in [-0.2, -0.15) is 0 Å². The maximum absolute atomic E-state index is 12.5. The standard InChI is InChI=1S/C25H32N2O4/c28-23-16-22(17-26-11-5-2-6-12-26)30-18-24(23)31-19-25(29)27-13-9-21(10-14-27)15-20-7-3-1-4-8-20/h1,3-4,7-8,16,18,21H,2,5-6,9-15,17,19H2. The molecule has 2 aliphatic rings. The number of likely N-dealkylation sites (tertiary alicyclic amines) is 2. The van der Waals surface area contributed by atoms with Crippen LogP contribution in [-0.2, 0) is 17.8 Å². The number of hydrogen-bond donors (Lipinski definition) is 0. The van der Waals surface area contributed by atoms with Gasteiger partial charge in [0.15, 0.2) is 6.61 Å². The minimum Gasteiger partial charge on any atom is -0.477 e. The molecule has 0 spiro atoms. The van der Waals surface area contributed by atoms with Crippen molar-refractivity contribution >= 4 is 5.91 Å². The van der Waals surface area contributed by atoms with Crippen LogP contribution in [0.2, 0.25) is 0 Å². The molecule has 0 atom stereocenters. The Bertz CT molecular complexity index is 897. The summed E-state index contributed by atoms with van der Waals surface area (Å²) in [6, 6.07) is 12.0. The highest BCUT2D eigenvalue weighted by Crippen LogP contribution is 2.22. The Morgan fingerprint density at radius 3 is 2.48 bits per heavy atom. The minimum atomic E-state index is -0.229. The molecule has 6 heteroatoms. The van der Waals surface area contributed by atoms with Crippen LogP contribution in [0, 0.1) is 5.92 Å². The van der Waals surface area contributed by atoms with Gasteiger partial charge in [-0.15, -0.1) is 0 Å². The molecule has 0 N–H and O–H groups in total. The van der Waals surface area contributed by atoms with Gasteiger partial charge in [0.05, 0.1) is 6.54 Å². The Kier molecular flexibility index (Phi) is 7.41. The number of nitrogens with zero attached hydrogens (tertiary/aromatic N) is 2. The lowest BCUT2D eigenvalue weighted by atomic mass is 9.90. The highest BCUT2D eigenvalue weighted by Gasteiger charge is 2.23. The summed E-state index contributed by atoms with van der Waals surface area (Å²) in [6.45, 7) is 4.08. The third-order valence-electron chi connectivity index (χ3n) is 6.37. The van der Waals surface area contributed by atoms with Crippen LogP contribution in [0.3, 0.4) is 0 Å². The van der Waals surface area contributed by atoms with Crippen molar-refractivity contribution in [2.24, 2.45) is 5.92 Å². The Hall–Kier alpha value is -2.60. The molecule has 1 aromatic heterocycles. The SMILES string of the molecule is O=C(COc1coc(CN2CCCCC2)cc1=O)N1CCC(Cc2ccccc2)CC1. The molecule has 0 aliphatic carbocycles. The third kappa shape index (κ3) is 6.20. The predicted octanol–water partition coefficient (Wildman–Crippen LogP) is 3.49. The lowest BCUT2D eigenvalue weighted by Gasteiger charge is -2.32. The first-order valence-corrected chi connectivity index (χ1v) is 11.5. The summed E-state index contributed by atoms with van der Waals surface area (Å²) in [5, 5.41) is 0. The van der Waals surface area contributed by atoms with Gasteiger partial charge >= 0.3 is 0 Å². The average Bonchev–Trinajstić information content (AvgIpc) is 2.80. The number of piperidine rings is 2. The van der Waals surface area contributed by atoms with E-state index in [4.69, 9.17) is 9.15 Å². The summed E-state index contributed by atoms with van der Waals surface area (Å²) >= 11 is 0. The number of amides is 1. The number of rotatable bonds is 7. The molecule has 2 aromatic rings. The van der Waals surface area contributed by atoms with Crippen LogP contribution in [0.1, 0.15) is 43.4 Å². The topological polar surface area (TPSA) is 63.0 Å². The van der Waals surface area contributed by atoms with E-state index in [9.17, 15) is 9.59 Å². The molecule has 6 nitrogen and oxygen atoms in total. The Balaban J connectivity index is 1.22. The summed E-state index contributed by atoms with van der Waals surface area (Å²) in [4.78, 5) is 29.0. The second kappa shape index (κ2) is 10.6. The first-order chi connectivity index (χ1) is 15.2. The number of benzene rings is 1. The first kappa shape index (κ1) is 21.6. The van der Waals surface area contributed by atoms with E-state index in [1.54, 1.807) is 0 Å². The van der Waals surface area contributed by atoms with Crippen LogP contribution >= 0.6 is 0 Å². The zero-order valence-electron chi connectivity index (χ0n) is 18.1. The third-order valence-corrected chi connectivity index (χ3v) is 6.37. The maximum atomic E-state index is 12.5. The van der Waals surface area contributed by atoms with Gasteiger partial charge in [-0.3, -0.25) is 14.5 Å². The zero-order valence-corrected chi connectivity index (χ0v) is 18.1. The molecule has 3 heterocycles. The smallest absolute Gasteiger partial charge is 0.260 e. The fourth-order valence-corrected chi connectivity index (χ4v) is 4.53. The molecule has 0 unspecified atom stereocenters. The average molecular weight is 425 g/mol. The van der Waals surface area contributed by atoms with Gasteiger partial charge in [0.1, 0.15) is 12.0 Å². The van der Waals surface area contributed by atoms with E-state index in [2.05, 4.69) is 29.2 Å². The van der Waals surface area contributed by atoms with Gasteiger partial charge in [-0.1, -0.05) is 36.8 Å². The van der Waals surface area contributed by atoms with E-state index in [1.165, 1.54) is 37.2 Å². The largest absolute Gasteiger partial charge is 0.477 e. The first-order valence-electron chi connectivity index (χ1n) is 11.5. The molecule has 2 saturated heterocycles. The molecular formula is C25H32N2O4. The summed E-state index contributed by atoms with van der Waals surface area (Å²) in [6.07, 6.45) is 8.05. The van der Waals surface area contributed by atoms with Crippen molar-refractivity contribution < 1.29 is 13.9 Å². The molecule has 1 amide bonds. The van der Waals surface area contributed by atoms with E-state index >= 15 is 0 Å². The van der Waals surface area contributed by atoms with Crippen molar-refractivity contribution in [3.8, 4) is 5.75 Å². The molecule has 0 bridgehead atoms. The van der Waals surface area contributed by atoms with Crippen molar-refractivity contribution in [1.82, 2.24) is 9.80 Å². The summed E-state index contributed by atoms with van der Waals surface area (Å²) < 4.78 is 11.1. The van der Waals surface area contributed by atoms with Crippen LogP contribution in [-0.4, -0.2) is 48.5 Å². The van der Waals surface area contributed by atoms with Crippen molar-refractivity contribution in [2.45, 2.75) is 45.1 Å². The van der Waals surface area contributed by atoms with Crippen LogP contribution in [0.15, 0.2) is 51.9 Å². The molecule has 4 rings (SSSR count). The van der Waals surface area contributed by atoms with Crippen molar-refractivity contribution in [1.29, 1.82) is 0 Å². The van der Waals surface area contributed by atoms with E-state index < -0.39 is 0 Å². The van der Waals surface area contributed by atoms with E-state index in [0.717, 1.165) is 45.4 Å². The fraction of sp³-hybridized carbons (Fsp3) is 0.520. The van der Waals surface area contributed by atoms with Gasteiger partial charge in [-0.25, -0.2) is 0 Å². The fourth-order valence-electron chi connectivity index (χ4n) is 4.53. The Labute approximate surface area is 183 Å². The molecule has 2 aliphatic heterocycles. The van der Waals surface area contributed by atoms with Crippen LogP contribution in [0.25, 0.3) is 0 Å². The van der Waals surface area contributed by atoms with Crippen molar-refractivity contribution in [3.63, 3.8) is 0 Å². The van der Waals surface area contributed by atoms with E-state index in [0.29, 0.717) is 18.2 Å². The van der Waals surface area contributed by atoms with Gasteiger partial charge in [0.2, 0.25) is 11.2 Å². The highest BCUT2D eigenvalue weighted by molar-refractivity contribution is 5.77. The molecule has 1 aromatic carbocycles. The second-order valence-electron chi connectivity index (χ2n) is 8.71. The quantitative estimate of drug-likeness (QED) is 0.681.